The van der Waals surface area contributed by atoms with E-state index in [0.29, 0.717) is 39.0 Å². The fraction of sp³-hybridized carbons (Fsp3) is 0.333. The van der Waals surface area contributed by atoms with Gasteiger partial charge in [0.05, 0.1) is 20.6 Å². The zero-order valence-corrected chi connectivity index (χ0v) is 26.5. The second-order valence-corrected chi connectivity index (χ2v) is 12.8. The lowest BCUT2D eigenvalue weighted by Gasteiger charge is -2.34. The maximum atomic E-state index is 14.2. The highest BCUT2D eigenvalue weighted by Crippen LogP contribution is 2.31. The summed E-state index contributed by atoms with van der Waals surface area (Å²) >= 11 is 18.7. The zero-order valence-electron chi connectivity index (χ0n) is 23.4. The lowest BCUT2D eigenvalue weighted by Crippen LogP contribution is -2.53. The van der Waals surface area contributed by atoms with E-state index in [0.717, 1.165) is 4.31 Å². The monoisotopic (exact) mass is 637 g/mol. The molecule has 0 unspecified atom stereocenters. The van der Waals surface area contributed by atoms with E-state index < -0.39 is 28.5 Å². The van der Waals surface area contributed by atoms with E-state index in [1.807, 2.05) is 13.8 Å². The Bertz CT molecular complexity index is 1490. The van der Waals surface area contributed by atoms with Gasteiger partial charge in [-0.1, -0.05) is 79.0 Å². The Morgan fingerprint density at radius 3 is 2.17 bits per heavy atom. The first-order chi connectivity index (χ1) is 19.4. The van der Waals surface area contributed by atoms with E-state index in [1.54, 1.807) is 68.4 Å². The number of sulfonamides is 1. The standard InChI is InChI=1S/C30H34Cl3N3O4S/c1-5-20(3)34-30(38)27(6-2)35(18-22-15-16-25(32)26(33)17-22)29(37)19-36(28-14-10-13-24(31)21(28)4)41(39,40)23-11-8-7-9-12-23/h7-17,20,27H,5-6,18-19H2,1-4H3,(H,34,38)/t20-,27+/m0/s1. The molecule has 0 aliphatic carbocycles. The molecule has 1 N–H and O–H groups in total. The zero-order chi connectivity index (χ0) is 30.3. The molecule has 0 aromatic heterocycles. The number of hydrogen-bond donors (Lipinski definition) is 1. The minimum absolute atomic E-state index is 0.00983. The first kappa shape index (κ1) is 32.7. The predicted molar refractivity (Wildman–Crippen MR) is 166 cm³/mol. The van der Waals surface area contributed by atoms with Crippen molar-refractivity contribution in [3.63, 3.8) is 0 Å². The Labute approximate surface area is 257 Å². The van der Waals surface area contributed by atoms with Crippen LogP contribution in [-0.4, -0.2) is 43.8 Å². The summed E-state index contributed by atoms with van der Waals surface area (Å²) in [5, 5.41) is 3.96. The van der Waals surface area contributed by atoms with Crippen molar-refractivity contribution in [2.24, 2.45) is 0 Å². The minimum Gasteiger partial charge on any atom is -0.352 e. The topological polar surface area (TPSA) is 86.8 Å². The lowest BCUT2D eigenvalue weighted by molar-refractivity contribution is -0.140. The third kappa shape index (κ3) is 7.95. The summed E-state index contributed by atoms with van der Waals surface area (Å²) in [4.78, 5) is 28.9. The summed E-state index contributed by atoms with van der Waals surface area (Å²) in [7, 11) is -4.19. The van der Waals surface area contributed by atoms with Crippen LogP contribution in [0.2, 0.25) is 15.1 Å². The van der Waals surface area contributed by atoms with Crippen LogP contribution in [0.1, 0.15) is 44.7 Å². The van der Waals surface area contributed by atoms with Crippen molar-refractivity contribution in [2.45, 2.75) is 64.1 Å². The van der Waals surface area contributed by atoms with Crippen molar-refractivity contribution in [3.8, 4) is 0 Å². The molecule has 41 heavy (non-hydrogen) atoms. The van der Waals surface area contributed by atoms with Gasteiger partial charge in [0.25, 0.3) is 10.0 Å². The fourth-order valence-electron chi connectivity index (χ4n) is 4.29. The highest BCUT2D eigenvalue weighted by Gasteiger charge is 2.34. The summed E-state index contributed by atoms with van der Waals surface area (Å²) in [6.45, 7) is 6.77. The highest BCUT2D eigenvalue weighted by atomic mass is 35.5. The van der Waals surface area contributed by atoms with Crippen molar-refractivity contribution >= 4 is 62.3 Å². The molecular formula is C30H34Cl3N3O4S. The van der Waals surface area contributed by atoms with Gasteiger partial charge in [-0.3, -0.25) is 13.9 Å². The first-order valence-electron chi connectivity index (χ1n) is 13.3. The second-order valence-electron chi connectivity index (χ2n) is 9.72. The van der Waals surface area contributed by atoms with Gasteiger partial charge >= 0.3 is 0 Å². The third-order valence-electron chi connectivity index (χ3n) is 6.84. The van der Waals surface area contributed by atoms with Crippen molar-refractivity contribution < 1.29 is 18.0 Å². The largest absolute Gasteiger partial charge is 0.352 e. The number of carbonyl (C=O) groups excluding carboxylic acids is 2. The van der Waals surface area contributed by atoms with Gasteiger partial charge in [0.2, 0.25) is 11.8 Å². The van der Waals surface area contributed by atoms with Crippen molar-refractivity contribution in [1.82, 2.24) is 10.2 Å². The molecule has 0 radical (unpaired) electrons. The van der Waals surface area contributed by atoms with Crippen LogP contribution in [0.3, 0.4) is 0 Å². The van der Waals surface area contributed by atoms with Gasteiger partial charge in [0.1, 0.15) is 12.6 Å². The van der Waals surface area contributed by atoms with Crippen LogP contribution in [0, 0.1) is 6.92 Å². The van der Waals surface area contributed by atoms with Gasteiger partial charge in [-0.25, -0.2) is 8.42 Å². The normalized spacial score (nSPS) is 12.9. The number of benzene rings is 3. The quantitative estimate of drug-likeness (QED) is 0.235. The molecule has 0 aliphatic heterocycles. The van der Waals surface area contributed by atoms with Gasteiger partial charge < -0.3 is 10.2 Å². The van der Waals surface area contributed by atoms with Crippen LogP contribution in [0.15, 0.2) is 71.6 Å². The molecule has 3 aromatic carbocycles. The van der Waals surface area contributed by atoms with Crippen LogP contribution in [0.5, 0.6) is 0 Å². The fourth-order valence-corrected chi connectivity index (χ4v) is 6.28. The molecule has 2 atom stereocenters. The van der Waals surface area contributed by atoms with Crippen molar-refractivity contribution in [3.05, 3.63) is 92.9 Å². The Morgan fingerprint density at radius 2 is 1.56 bits per heavy atom. The van der Waals surface area contributed by atoms with Crippen molar-refractivity contribution in [1.29, 1.82) is 0 Å². The molecule has 0 aliphatic rings. The van der Waals surface area contributed by atoms with Crippen LogP contribution in [-0.2, 0) is 26.2 Å². The molecule has 0 bridgehead atoms. The molecule has 0 saturated carbocycles. The number of halogens is 3. The smallest absolute Gasteiger partial charge is 0.264 e. The van der Waals surface area contributed by atoms with Crippen LogP contribution in [0.25, 0.3) is 0 Å². The Balaban J connectivity index is 2.11. The Kier molecular flexibility index (Phi) is 11.5. The maximum Gasteiger partial charge on any atom is 0.264 e. The van der Waals surface area contributed by atoms with Gasteiger partial charge in [-0.05, 0) is 74.2 Å². The summed E-state index contributed by atoms with van der Waals surface area (Å²) < 4.78 is 29.0. The number of nitrogens with one attached hydrogen (secondary N) is 1. The molecule has 0 fully saturated rings. The molecule has 0 saturated heterocycles. The van der Waals surface area contributed by atoms with E-state index in [1.165, 1.54) is 17.0 Å². The summed E-state index contributed by atoms with van der Waals surface area (Å²) in [5.74, 6) is -0.896. The molecule has 11 heteroatoms. The first-order valence-corrected chi connectivity index (χ1v) is 15.8. The summed E-state index contributed by atoms with van der Waals surface area (Å²) in [6.07, 6.45) is 1.01. The van der Waals surface area contributed by atoms with Gasteiger partial charge in [0.15, 0.2) is 0 Å². The third-order valence-corrected chi connectivity index (χ3v) is 9.76. The average Bonchev–Trinajstić information content (AvgIpc) is 2.95. The van der Waals surface area contributed by atoms with E-state index in [2.05, 4.69) is 5.32 Å². The van der Waals surface area contributed by atoms with Gasteiger partial charge in [0, 0.05) is 17.6 Å². The number of anilines is 1. The highest BCUT2D eigenvalue weighted by molar-refractivity contribution is 7.92. The summed E-state index contributed by atoms with van der Waals surface area (Å²) in [6, 6.07) is 16.7. The Morgan fingerprint density at radius 1 is 0.878 bits per heavy atom. The second kappa shape index (κ2) is 14.4. The minimum atomic E-state index is -4.19. The number of rotatable bonds is 12. The molecule has 3 aromatic rings. The van der Waals surface area contributed by atoms with E-state index in [9.17, 15) is 18.0 Å². The lowest BCUT2D eigenvalue weighted by atomic mass is 10.1. The van der Waals surface area contributed by atoms with Crippen LogP contribution >= 0.6 is 34.8 Å². The molecule has 220 valence electrons. The van der Waals surface area contributed by atoms with Crippen molar-refractivity contribution in [2.75, 3.05) is 10.8 Å². The predicted octanol–water partition coefficient (Wildman–Crippen LogP) is 6.87. The van der Waals surface area contributed by atoms with Crippen LogP contribution < -0.4 is 9.62 Å². The van der Waals surface area contributed by atoms with Crippen LogP contribution in [0.4, 0.5) is 5.69 Å². The molecule has 0 heterocycles. The SMILES string of the molecule is CC[C@H](C(=O)N[C@@H](C)CC)N(Cc1ccc(Cl)c(Cl)c1)C(=O)CN(c1cccc(Cl)c1C)S(=O)(=O)c1ccccc1. The molecule has 2 amide bonds. The Hall–Kier alpha value is -2.78. The number of amides is 2. The average molecular weight is 639 g/mol. The number of carbonyl (C=O) groups is 2. The van der Waals surface area contributed by atoms with Gasteiger partial charge in [-0.15, -0.1) is 0 Å². The maximum absolute atomic E-state index is 14.2. The van der Waals surface area contributed by atoms with E-state index in [-0.39, 0.29) is 29.1 Å². The molecule has 0 spiro atoms. The van der Waals surface area contributed by atoms with E-state index >= 15 is 0 Å². The molecular weight excluding hydrogens is 605 g/mol. The van der Waals surface area contributed by atoms with E-state index in [4.69, 9.17) is 34.8 Å². The summed E-state index contributed by atoms with van der Waals surface area (Å²) in [5.41, 5.74) is 1.40. The number of hydrogen-bond acceptors (Lipinski definition) is 4. The molecule has 3 rings (SSSR count). The number of nitrogens with zero attached hydrogens (tertiary/aromatic N) is 2. The molecule has 7 nitrogen and oxygen atoms in total. The van der Waals surface area contributed by atoms with Gasteiger partial charge in [-0.2, -0.15) is 0 Å².